The third-order valence-electron chi connectivity index (χ3n) is 2.53. The molecule has 1 aromatic carbocycles. The number of nitrogens with one attached hydrogen (secondary N) is 2. The number of hydrogen-bond donors (Lipinski definition) is 3. The Bertz CT molecular complexity index is 783. The monoisotopic (exact) mass is 368 g/mol. The quantitative estimate of drug-likeness (QED) is 0.665. The summed E-state index contributed by atoms with van der Waals surface area (Å²) in [6.45, 7) is 4.63. The average Bonchev–Trinajstić information content (AvgIpc) is 2.48. The van der Waals surface area contributed by atoms with Gasteiger partial charge in [0.2, 0.25) is 10.0 Å². The summed E-state index contributed by atoms with van der Waals surface area (Å²) in [7, 11) is -3.88. The van der Waals surface area contributed by atoms with Gasteiger partial charge < -0.3 is 15.2 Å². The molecule has 0 aliphatic rings. The van der Waals surface area contributed by atoms with E-state index in [-0.39, 0.29) is 11.4 Å². The molecule has 1 rings (SSSR count). The number of alkyl carbamates (subject to hydrolysis) is 1. The van der Waals surface area contributed by atoms with E-state index in [4.69, 9.17) is 9.84 Å². The number of carboxylic acid groups (broad SMARTS) is 1. The number of hydrogen-bond acceptors (Lipinski definition) is 5. The zero-order chi connectivity index (χ0) is 19.1. The first-order valence-corrected chi connectivity index (χ1v) is 8.75. The zero-order valence-electron chi connectivity index (χ0n) is 14.1. The lowest BCUT2D eigenvalue weighted by Gasteiger charge is -2.18. The van der Waals surface area contributed by atoms with Crippen molar-refractivity contribution in [2.75, 3.05) is 13.1 Å². The molecule has 0 aromatic heterocycles. The molecule has 25 heavy (non-hydrogen) atoms. The molecule has 0 aliphatic carbocycles. The molecule has 0 atom stereocenters. The maximum atomic E-state index is 11.8. The van der Waals surface area contributed by atoms with Gasteiger partial charge in [0.1, 0.15) is 12.1 Å². The fourth-order valence-electron chi connectivity index (χ4n) is 1.53. The van der Waals surface area contributed by atoms with Gasteiger partial charge in [0.25, 0.3) is 0 Å². The highest BCUT2D eigenvalue weighted by Crippen LogP contribution is 2.09. The number of rotatable bonds is 5. The van der Waals surface area contributed by atoms with Crippen molar-refractivity contribution in [1.29, 1.82) is 0 Å². The van der Waals surface area contributed by atoms with Gasteiger partial charge in [0, 0.05) is 5.56 Å². The van der Waals surface area contributed by atoms with Crippen molar-refractivity contribution in [2.45, 2.75) is 31.3 Å². The summed E-state index contributed by atoms with van der Waals surface area (Å²) in [6.07, 6.45) is -0.576. The van der Waals surface area contributed by atoms with Crippen molar-refractivity contribution < 1.29 is 27.9 Å². The highest BCUT2D eigenvalue weighted by atomic mass is 32.2. The van der Waals surface area contributed by atoms with Crippen molar-refractivity contribution >= 4 is 22.1 Å². The van der Waals surface area contributed by atoms with Crippen LogP contribution in [-0.4, -0.2) is 44.3 Å². The van der Waals surface area contributed by atoms with Crippen LogP contribution >= 0.6 is 0 Å². The lowest BCUT2D eigenvalue weighted by atomic mass is 10.2. The number of carboxylic acids is 1. The van der Waals surface area contributed by atoms with Gasteiger partial charge in [0.05, 0.1) is 11.4 Å². The van der Waals surface area contributed by atoms with E-state index in [1.807, 2.05) is 4.72 Å². The Hall–Kier alpha value is -2.57. The summed E-state index contributed by atoms with van der Waals surface area (Å²) in [5.41, 5.74) is -0.0452. The molecular formula is C16H20N2O6S. The molecular weight excluding hydrogens is 348 g/mol. The smallest absolute Gasteiger partial charge is 0.408 e. The van der Waals surface area contributed by atoms with Gasteiger partial charge in [-0.25, -0.2) is 13.2 Å². The van der Waals surface area contributed by atoms with E-state index in [1.165, 1.54) is 24.3 Å². The van der Waals surface area contributed by atoms with Gasteiger partial charge in [-0.15, -0.1) is 0 Å². The van der Waals surface area contributed by atoms with Crippen molar-refractivity contribution in [2.24, 2.45) is 0 Å². The molecule has 0 fully saturated rings. The van der Waals surface area contributed by atoms with Crippen LogP contribution in [-0.2, 0) is 19.6 Å². The van der Waals surface area contributed by atoms with Crippen molar-refractivity contribution in [3.8, 4) is 11.8 Å². The van der Waals surface area contributed by atoms with Crippen LogP contribution < -0.4 is 10.0 Å². The van der Waals surface area contributed by atoms with E-state index in [2.05, 4.69) is 17.2 Å². The SMILES string of the molecule is CC(C)(C)OC(=O)NCC#Cc1ccc(S(=O)(=O)NCC(=O)O)cc1. The maximum Gasteiger partial charge on any atom is 0.408 e. The van der Waals surface area contributed by atoms with E-state index in [9.17, 15) is 18.0 Å². The van der Waals surface area contributed by atoms with E-state index in [0.29, 0.717) is 5.56 Å². The van der Waals surface area contributed by atoms with Gasteiger partial charge in [0.15, 0.2) is 0 Å². The van der Waals surface area contributed by atoms with E-state index in [0.717, 1.165) is 0 Å². The van der Waals surface area contributed by atoms with Crippen molar-refractivity contribution in [1.82, 2.24) is 10.0 Å². The Morgan fingerprint density at radius 3 is 2.32 bits per heavy atom. The minimum absolute atomic E-state index is 0.0637. The van der Waals surface area contributed by atoms with Crippen LogP contribution in [0.2, 0.25) is 0 Å². The normalized spacial score (nSPS) is 11.2. The molecule has 136 valence electrons. The van der Waals surface area contributed by atoms with Crippen LogP contribution in [0.25, 0.3) is 0 Å². The number of ether oxygens (including phenoxy) is 1. The van der Waals surface area contributed by atoms with Gasteiger partial charge in [-0.05, 0) is 45.0 Å². The van der Waals surface area contributed by atoms with E-state index in [1.54, 1.807) is 20.8 Å². The summed E-state index contributed by atoms with van der Waals surface area (Å²) in [5, 5.41) is 11.0. The predicted octanol–water partition coefficient (Wildman–Crippen LogP) is 0.926. The molecule has 0 bridgehead atoms. The van der Waals surface area contributed by atoms with Crippen LogP contribution in [0, 0.1) is 11.8 Å². The number of amides is 1. The Morgan fingerprint density at radius 1 is 1.20 bits per heavy atom. The van der Waals surface area contributed by atoms with Crippen LogP contribution in [0.3, 0.4) is 0 Å². The fraction of sp³-hybridized carbons (Fsp3) is 0.375. The molecule has 0 unspecified atom stereocenters. The molecule has 0 radical (unpaired) electrons. The molecule has 0 saturated carbocycles. The number of carbonyl (C=O) groups excluding carboxylic acids is 1. The molecule has 9 heteroatoms. The Balaban J connectivity index is 2.61. The van der Waals surface area contributed by atoms with Gasteiger partial charge >= 0.3 is 12.1 Å². The second kappa shape index (κ2) is 8.50. The highest BCUT2D eigenvalue weighted by molar-refractivity contribution is 7.89. The third kappa shape index (κ3) is 8.19. The molecule has 1 amide bonds. The standard InChI is InChI=1S/C16H20N2O6S/c1-16(2,3)24-15(21)17-10-4-5-12-6-8-13(9-7-12)25(22,23)18-11-14(19)20/h6-9,18H,10-11H2,1-3H3,(H,17,21)(H,19,20). The van der Waals surface area contributed by atoms with Crippen LogP contribution in [0.4, 0.5) is 4.79 Å². The minimum Gasteiger partial charge on any atom is -0.480 e. The predicted molar refractivity (Wildman–Crippen MR) is 90.4 cm³/mol. The van der Waals surface area contributed by atoms with E-state index >= 15 is 0 Å². The maximum absolute atomic E-state index is 11.8. The van der Waals surface area contributed by atoms with Crippen molar-refractivity contribution in [3.05, 3.63) is 29.8 Å². The Morgan fingerprint density at radius 2 is 1.80 bits per heavy atom. The zero-order valence-corrected chi connectivity index (χ0v) is 14.9. The lowest BCUT2D eigenvalue weighted by molar-refractivity contribution is -0.135. The van der Waals surface area contributed by atoms with Gasteiger partial charge in [-0.1, -0.05) is 11.8 Å². The van der Waals surface area contributed by atoms with Gasteiger partial charge in [-0.3, -0.25) is 4.79 Å². The summed E-state index contributed by atoms with van der Waals surface area (Å²) < 4.78 is 30.7. The summed E-state index contributed by atoms with van der Waals surface area (Å²) in [4.78, 5) is 21.8. The largest absolute Gasteiger partial charge is 0.480 e. The Kier molecular flexibility index (Phi) is 6.97. The highest BCUT2D eigenvalue weighted by Gasteiger charge is 2.15. The first-order valence-electron chi connectivity index (χ1n) is 7.27. The summed E-state index contributed by atoms with van der Waals surface area (Å²) >= 11 is 0. The van der Waals surface area contributed by atoms with Crippen molar-refractivity contribution in [3.63, 3.8) is 0 Å². The average molecular weight is 368 g/mol. The van der Waals surface area contributed by atoms with Crippen LogP contribution in [0.1, 0.15) is 26.3 Å². The molecule has 0 heterocycles. The number of aliphatic carboxylic acids is 1. The lowest BCUT2D eigenvalue weighted by Crippen LogP contribution is -2.32. The number of sulfonamides is 1. The molecule has 1 aromatic rings. The first kappa shape index (κ1) is 20.5. The fourth-order valence-corrected chi connectivity index (χ4v) is 2.51. The molecule has 0 saturated heterocycles. The van der Waals surface area contributed by atoms with Crippen LogP contribution in [0.15, 0.2) is 29.2 Å². The molecule has 3 N–H and O–H groups in total. The number of benzene rings is 1. The first-order chi connectivity index (χ1) is 11.5. The van der Waals surface area contributed by atoms with Gasteiger partial charge in [-0.2, -0.15) is 4.72 Å². The summed E-state index contributed by atoms with van der Waals surface area (Å²) in [5.74, 6) is 4.20. The van der Waals surface area contributed by atoms with Crippen LogP contribution in [0.5, 0.6) is 0 Å². The molecule has 0 spiro atoms. The molecule has 8 nitrogen and oxygen atoms in total. The second-order valence-corrected chi connectivity index (χ2v) is 7.67. The summed E-state index contributed by atoms with van der Waals surface area (Å²) in [6, 6.07) is 5.59. The van der Waals surface area contributed by atoms with E-state index < -0.39 is 34.2 Å². The topological polar surface area (TPSA) is 122 Å². The third-order valence-corrected chi connectivity index (χ3v) is 3.95. The second-order valence-electron chi connectivity index (χ2n) is 5.90. The minimum atomic E-state index is -3.88. The number of carbonyl (C=O) groups is 2. The molecule has 0 aliphatic heterocycles. The Labute approximate surface area is 146 Å².